The molecule has 0 aliphatic carbocycles. The molecule has 1 rings (SSSR count). The van der Waals surface area contributed by atoms with Crippen LogP contribution in [-0.2, 0) is 10.0 Å². The lowest BCUT2D eigenvalue weighted by molar-refractivity contribution is 0.585. The van der Waals surface area contributed by atoms with Crippen molar-refractivity contribution in [3.05, 3.63) is 0 Å². The minimum atomic E-state index is -3.06. The molecular formula is C4H9N2O2S. The van der Waals surface area contributed by atoms with Gasteiger partial charge in [-0.2, -0.15) is 0 Å². The lowest BCUT2D eigenvalue weighted by atomic mass is 10.6. The van der Waals surface area contributed by atoms with Gasteiger partial charge in [-0.25, -0.2) is 8.42 Å². The maximum Gasteiger partial charge on any atom is 0.229 e. The van der Waals surface area contributed by atoms with Crippen molar-refractivity contribution in [2.75, 3.05) is 25.4 Å². The van der Waals surface area contributed by atoms with Gasteiger partial charge in [0.2, 0.25) is 10.0 Å². The van der Waals surface area contributed by atoms with Crippen LogP contribution in [-0.4, -0.2) is 33.8 Å². The lowest BCUT2D eigenvalue weighted by Gasteiger charge is -1.93. The fourth-order valence-electron chi connectivity index (χ4n) is 0.654. The molecular weight excluding hydrogens is 140 g/mol. The first kappa shape index (κ1) is 6.98. The lowest BCUT2D eigenvalue weighted by Crippen LogP contribution is -2.19. The summed E-state index contributed by atoms with van der Waals surface area (Å²) >= 11 is 0. The van der Waals surface area contributed by atoms with E-state index in [1.165, 1.54) is 0 Å². The van der Waals surface area contributed by atoms with Gasteiger partial charge in [-0.15, -0.1) is 4.72 Å². The van der Waals surface area contributed by atoms with Crippen LogP contribution in [0.1, 0.15) is 0 Å². The topological polar surface area (TPSA) is 60.3 Å². The van der Waals surface area contributed by atoms with Crippen LogP contribution in [0.5, 0.6) is 0 Å². The monoisotopic (exact) mass is 149 g/mol. The molecule has 0 atom stereocenters. The second-order valence-corrected chi connectivity index (χ2v) is 3.72. The summed E-state index contributed by atoms with van der Waals surface area (Å²) in [6.07, 6.45) is 0. The fraction of sp³-hybridized carbons (Fsp3) is 1.00. The summed E-state index contributed by atoms with van der Waals surface area (Å²) in [5, 5.41) is 2.93. The molecule has 0 saturated carbocycles. The molecule has 1 N–H and O–H groups in total. The van der Waals surface area contributed by atoms with Gasteiger partial charge in [-0.05, 0) is 0 Å². The summed E-state index contributed by atoms with van der Waals surface area (Å²) in [5.74, 6) is 0.146. The normalized spacial score (nSPS) is 27.1. The molecule has 0 aromatic heterocycles. The number of nitrogens with zero attached hydrogens (tertiary/aromatic N) is 1. The average Bonchev–Trinajstić information content (AvgIpc) is 1.92. The van der Waals surface area contributed by atoms with E-state index in [2.05, 4.69) is 10.0 Å². The van der Waals surface area contributed by atoms with E-state index >= 15 is 0 Å². The van der Waals surface area contributed by atoms with Crippen LogP contribution in [0.4, 0.5) is 0 Å². The highest BCUT2D eigenvalue weighted by atomic mass is 32.2. The molecule has 0 aromatic rings. The van der Waals surface area contributed by atoms with Crippen LogP contribution in [0.3, 0.4) is 0 Å². The third-order valence-electron chi connectivity index (χ3n) is 1.11. The Kier molecular flexibility index (Phi) is 2.05. The minimum Gasteiger partial charge on any atom is -0.314 e. The number of hydrogen-bond donors (Lipinski definition) is 1. The Morgan fingerprint density at radius 3 is 2.89 bits per heavy atom. The summed E-state index contributed by atoms with van der Waals surface area (Å²) < 4.78 is 24.8. The number of sulfonamides is 1. The van der Waals surface area contributed by atoms with E-state index in [0.29, 0.717) is 19.6 Å². The molecule has 1 aliphatic rings. The van der Waals surface area contributed by atoms with E-state index < -0.39 is 10.0 Å². The van der Waals surface area contributed by atoms with E-state index in [-0.39, 0.29) is 5.75 Å². The van der Waals surface area contributed by atoms with Gasteiger partial charge in [-0.3, -0.25) is 0 Å². The molecule has 0 unspecified atom stereocenters. The Hall–Kier alpha value is -0.130. The van der Waals surface area contributed by atoms with Crippen molar-refractivity contribution in [1.82, 2.24) is 10.0 Å². The van der Waals surface area contributed by atoms with E-state index in [0.717, 1.165) is 0 Å². The SMILES string of the molecule is O=S1(=O)CCNCC[N]1. The van der Waals surface area contributed by atoms with E-state index in [9.17, 15) is 8.42 Å². The summed E-state index contributed by atoms with van der Waals surface area (Å²) in [6.45, 7) is 1.60. The van der Waals surface area contributed by atoms with Crippen LogP contribution in [0.25, 0.3) is 0 Å². The Bertz CT molecular complexity index is 161. The van der Waals surface area contributed by atoms with Crippen molar-refractivity contribution >= 4 is 10.0 Å². The first-order valence-electron chi connectivity index (χ1n) is 2.83. The Labute approximate surface area is 54.7 Å². The second kappa shape index (κ2) is 2.64. The van der Waals surface area contributed by atoms with Crippen molar-refractivity contribution in [3.63, 3.8) is 0 Å². The highest BCUT2D eigenvalue weighted by Gasteiger charge is 2.12. The number of hydrogen-bond acceptors (Lipinski definition) is 3. The van der Waals surface area contributed by atoms with Gasteiger partial charge < -0.3 is 5.32 Å². The van der Waals surface area contributed by atoms with E-state index in [4.69, 9.17) is 0 Å². The van der Waals surface area contributed by atoms with Gasteiger partial charge in [0.1, 0.15) is 0 Å². The molecule has 5 heteroatoms. The molecule has 0 aromatic carbocycles. The highest BCUT2D eigenvalue weighted by Crippen LogP contribution is 1.87. The van der Waals surface area contributed by atoms with Crippen LogP contribution in [0.2, 0.25) is 0 Å². The van der Waals surface area contributed by atoms with Crippen molar-refractivity contribution in [2.24, 2.45) is 0 Å². The highest BCUT2D eigenvalue weighted by molar-refractivity contribution is 7.89. The predicted molar refractivity (Wildman–Crippen MR) is 33.7 cm³/mol. The summed E-state index contributed by atoms with van der Waals surface area (Å²) in [7, 11) is -3.06. The minimum absolute atomic E-state index is 0.146. The van der Waals surface area contributed by atoms with Crippen molar-refractivity contribution in [3.8, 4) is 0 Å². The molecule has 0 amide bonds. The third-order valence-corrected chi connectivity index (χ3v) is 2.41. The Morgan fingerprint density at radius 1 is 1.33 bits per heavy atom. The molecule has 1 saturated heterocycles. The van der Waals surface area contributed by atoms with Crippen molar-refractivity contribution < 1.29 is 8.42 Å². The summed E-state index contributed by atoms with van der Waals surface area (Å²) in [6, 6.07) is 0. The van der Waals surface area contributed by atoms with Crippen molar-refractivity contribution in [2.45, 2.75) is 0 Å². The van der Waals surface area contributed by atoms with Gasteiger partial charge in [0.05, 0.1) is 5.75 Å². The molecule has 0 spiro atoms. The van der Waals surface area contributed by atoms with E-state index in [1.807, 2.05) is 0 Å². The Balaban J connectivity index is 2.56. The maximum atomic E-state index is 10.7. The molecule has 9 heavy (non-hydrogen) atoms. The zero-order valence-electron chi connectivity index (χ0n) is 5.00. The van der Waals surface area contributed by atoms with Gasteiger partial charge in [0.15, 0.2) is 0 Å². The quantitative estimate of drug-likeness (QED) is 0.457. The van der Waals surface area contributed by atoms with Crippen LogP contribution >= 0.6 is 0 Å². The standard InChI is InChI=1S/C4H9N2O2S/c7-9(8)4-3-5-1-2-6-9/h5H,1-4H2. The van der Waals surface area contributed by atoms with Gasteiger partial charge in [0.25, 0.3) is 0 Å². The maximum absolute atomic E-state index is 10.7. The second-order valence-electron chi connectivity index (χ2n) is 1.89. The van der Waals surface area contributed by atoms with Gasteiger partial charge in [0, 0.05) is 19.6 Å². The number of nitrogens with one attached hydrogen (secondary N) is 1. The third kappa shape index (κ3) is 2.30. The molecule has 1 radical (unpaired) electrons. The van der Waals surface area contributed by atoms with Crippen molar-refractivity contribution in [1.29, 1.82) is 0 Å². The molecule has 4 nitrogen and oxygen atoms in total. The van der Waals surface area contributed by atoms with Gasteiger partial charge in [-0.1, -0.05) is 0 Å². The van der Waals surface area contributed by atoms with Crippen LogP contribution < -0.4 is 10.0 Å². The van der Waals surface area contributed by atoms with E-state index in [1.54, 1.807) is 0 Å². The average molecular weight is 149 g/mol. The summed E-state index contributed by atoms with van der Waals surface area (Å²) in [5.41, 5.74) is 0. The fourth-order valence-corrected chi connectivity index (χ4v) is 1.56. The molecule has 0 bridgehead atoms. The molecule has 1 heterocycles. The number of rotatable bonds is 0. The first-order valence-corrected chi connectivity index (χ1v) is 4.44. The molecule has 1 fully saturated rings. The van der Waals surface area contributed by atoms with Gasteiger partial charge >= 0.3 is 0 Å². The Morgan fingerprint density at radius 2 is 2.11 bits per heavy atom. The zero-order valence-corrected chi connectivity index (χ0v) is 5.82. The first-order chi connectivity index (χ1) is 4.21. The van der Waals surface area contributed by atoms with Crippen LogP contribution in [0, 0.1) is 0 Å². The summed E-state index contributed by atoms with van der Waals surface area (Å²) in [4.78, 5) is 0. The largest absolute Gasteiger partial charge is 0.314 e. The smallest absolute Gasteiger partial charge is 0.229 e. The van der Waals surface area contributed by atoms with Crippen LogP contribution in [0.15, 0.2) is 0 Å². The molecule has 1 aliphatic heterocycles. The predicted octanol–water partition coefficient (Wildman–Crippen LogP) is -1.48. The zero-order chi connectivity index (χ0) is 6.74. The molecule has 53 valence electrons.